The highest BCUT2D eigenvalue weighted by Gasteiger charge is 2.80. The summed E-state index contributed by atoms with van der Waals surface area (Å²) in [6, 6.07) is 0.662. The van der Waals surface area contributed by atoms with Gasteiger partial charge in [0.2, 0.25) is 0 Å². The lowest BCUT2D eigenvalue weighted by molar-refractivity contribution is -0.248. The Morgan fingerprint density at radius 2 is 1.77 bits per heavy atom. The molecular weight excluding hydrogens is 552 g/mol. The minimum absolute atomic E-state index is 0.00129. The van der Waals surface area contributed by atoms with Crippen LogP contribution in [0.2, 0.25) is 0 Å². The fourth-order valence-corrected chi connectivity index (χ4v) is 13.4. The highest BCUT2D eigenvalue weighted by Crippen LogP contribution is 2.87. The molecule has 0 aromatic rings. The minimum Gasteiger partial charge on any atom is -0.388 e. The molecule has 10 unspecified atom stereocenters. The minimum atomic E-state index is -0.891. The van der Waals surface area contributed by atoms with Gasteiger partial charge in [-0.25, -0.2) is 0 Å². The van der Waals surface area contributed by atoms with Crippen molar-refractivity contribution in [3.63, 3.8) is 0 Å². The second-order valence-electron chi connectivity index (χ2n) is 18.1. The van der Waals surface area contributed by atoms with Crippen molar-refractivity contribution in [3.8, 4) is 0 Å². The molecule has 12 atom stereocenters. The van der Waals surface area contributed by atoms with Crippen molar-refractivity contribution in [2.75, 3.05) is 39.4 Å². The van der Waals surface area contributed by atoms with E-state index >= 15 is 0 Å². The van der Waals surface area contributed by atoms with Crippen LogP contribution in [0.25, 0.3) is 0 Å². The normalized spacial score (nSPS) is 50.8. The molecular formula is C37H62N2O5. The van der Waals surface area contributed by atoms with Crippen molar-refractivity contribution in [2.24, 2.45) is 45.3 Å². The van der Waals surface area contributed by atoms with Gasteiger partial charge in [-0.3, -0.25) is 4.90 Å². The van der Waals surface area contributed by atoms with Crippen molar-refractivity contribution in [1.29, 1.82) is 0 Å². The number of fused-ring (bicyclic) bond motifs is 4. The molecule has 5 aliphatic carbocycles. The average Bonchev–Trinajstić information content (AvgIpc) is 3.52. The fourth-order valence-electron chi connectivity index (χ4n) is 13.4. The first-order valence-electron chi connectivity index (χ1n) is 18.6. The molecule has 0 aromatic heterocycles. The van der Waals surface area contributed by atoms with Crippen LogP contribution < -0.4 is 5.32 Å². The molecule has 8 aliphatic rings. The molecule has 7 nitrogen and oxygen atoms in total. The van der Waals surface area contributed by atoms with E-state index in [1.807, 2.05) is 20.8 Å². The predicted molar refractivity (Wildman–Crippen MR) is 170 cm³/mol. The number of nitrogens with zero attached hydrogens (tertiary/aromatic N) is 1. The van der Waals surface area contributed by atoms with Gasteiger partial charge in [-0.15, -0.1) is 0 Å². The first kappa shape index (κ1) is 31.0. The first-order chi connectivity index (χ1) is 20.9. The SMILES string of the molecule is CCOC(C1CCC2C(CC3C4CCC5C(C)(C)[C@@H](OC6CN(C7CNC7)CCO6)CC[C@@]56CC46CCC23C)O1)C(C)(C)O. The summed E-state index contributed by atoms with van der Waals surface area (Å²) in [7, 11) is 0. The Morgan fingerprint density at radius 1 is 0.977 bits per heavy atom. The highest BCUT2D eigenvalue weighted by atomic mass is 16.7. The predicted octanol–water partition coefficient (Wildman–Crippen LogP) is 5.38. The Balaban J connectivity index is 0.967. The Labute approximate surface area is 266 Å². The maximum atomic E-state index is 10.9. The Kier molecular flexibility index (Phi) is 7.48. The maximum Gasteiger partial charge on any atom is 0.170 e. The molecule has 250 valence electrons. The molecule has 7 heteroatoms. The zero-order valence-electron chi connectivity index (χ0n) is 28.6. The lowest BCUT2D eigenvalue weighted by Crippen LogP contribution is -2.62. The zero-order valence-corrected chi connectivity index (χ0v) is 28.6. The summed E-state index contributed by atoms with van der Waals surface area (Å²) in [6.45, 7) is 19.1. The Bertz CT molecular complexity index is 1090. The molecule has 2 spiro atoms. The van der Waals surface area contributed by atoms with Gasteiger partial charge in [0.05, 0.1) is 30.5 Å². The molecule has 2 N–H and O–H groups in total. The summed E-state index contributed by atoms with van der Waals surface area (Å²) >= 11 is 0. The summed E-state index contributed by atoms with van der Waals surface area (Å²) in [5, 5.41) is 14.4. The molecule has 3 aliphatic heterocycles. The number of nitrogens with one attached hydrogen (secondary N) is 1. The van der Waals surface area contributed by atoms with E-state index in [4.69, 9.17) is 18.9 Å². The summed E-state index contributed by atoms with van der Waals surface area (Å²) in [5.74, 6) is 3.04. The average molecular weight is 615 g/mol. The van der Waals surface area contributed by atoms with E-state index in [2.05, 4.69) is 31.0 Å². The number of hydrogen-bond donors (Lipinski definition) is 2. The first-order valence-corrected chi connectivity index (χ1v) is 18.6. The molecule has 44 heavy (non-hydrogen) atoms. The maximum absolute atomic E-state index is 10.9. The third-order valence-electron chi connectivity index (χ3n) is 15.6. The van der Waals surface area contributed by atoms with Crippen LogP contribution in [0.15, 0.2) is 0 Å². The standard InChI is InChI=1S/C37H62N2O5/c1-7-41-32(34(4,5)40)27-10-8-25-28(43-27)18-26-24-9-11-29-33(2,3)30(44-31-21-39(16-17-42-31)23-19-38-20-23)12-13-37(29)22-36(24,37)15-14-35(25,26)6/h23-32,38,40H,7-22H2,1-6H3/t24?,25?,26?,27?,28?,29?,30-,31?,32?,35?,36?,37+/m0/s1. The van der Waals surface area contributed by atoms with Gasteiger partial charge in [0.25, 0.3) is 0 Å². The molecule has 3 saturated heterocycles. The van der Waals surface area contributed by atoms with Crippen LogP contribution >= 0.6 is 0 Å². The van der Waals surface area contributed by atoms with Crippen molar-refractivity contribution in [2.45, 2.75) is 148 Å². The van der Waals surface area contributed by atoms with Crippen LogP contribution in [0, 0.1) is 45.3 Å². The number of ether oxygens (including phenoxy) is 4. The van der Waals surface area contributed by atoms with E-state index in [9.17, 15) is 5.11 Å². The second-order valence-corrected chi connectivity index (χ2v) is 18.1. The number of rotatable bonds is 7. The van der Waals surface area contributed by atoms with Crippen LogP contribution in [0.5, 0.6) is 0 Å². The summed E-state index contributed by atoms with van der Waals surface area (Å²) in [6.07, 6.45) is 13.3. The molecule has 5 saturated carbocycles. The number of hydrogen-bond acceptors (Lipinski definition) is 7. The van der Waals surface area contributed by atoms with E-state index in [-0.39, 0.29) is 23.9 Å². The van der Waals surface area contributed by atoms with E-state index in [0.29, 0.717) is 47.0 Å². The third kappa shape index (κ3) is 4.45. The summed E-state index contributed by atoms with van der Waals surface area (Å²) in [4.78, 5) is 2.59. The molecule has 0 bridgehead atoms. The van der Waals surface area contributed by atoms with Gasteiger partial charge >= 0.3 is 0 Å². The third-order valence-corrected chi connectivity index (χ3v) is 15.6. The van der Waals surface area contributed by atoms with Gasteiger partial charge in [0, 0.05) is 38.8 Å². The fraction of sp³-hybridized carbons (Fsp3) is 1.00. The van der Waals surface area contributed by atoms with Crippen LogP contribution in [0.3, 0.4) is 0 Å². The lowest BCUT2D eigenvalue weighted by Gasteiger charge is -2.60. The Hall–Kier alpha value is -0.280. The zero-order chi connectivity index (χ0) is 30.7. The smallest absolute Gasteiger partial charge is 0.170 e. The van der Waals surface area contributed by atoms with Gasteiger partial charge in [0.15, 0.2) is 6.29 Å². The lowest BCUT2D eigenvalue weighted by atomic mass is 9.46. The summed E-state index contributed by atoms with van der Waals surface area (Å²) in [5.41, 5.74) is 0.759. The molecule has 0 radical (unpaired) electrons. The largest absolute Gasteiger partial charge is 0.388 e. The van der Waals surface area contributed by atoms with Crippen LogP contribution in [0.4, 0.5) is 0 Å². The van der Waals surface area contributed by atoms with Gasteiger partial charge in [0.1, 0.15) is 6.10 Å². The van der Waals surface area contributed by atoms with Crippen molar-refractivity contribution < 1.29 is 24.1 Å². The van der Waals surface area contributed by atoms with Crippen LogP contribution in [0.1, 0.15) is 106 Å². The topological polar surface area (TPSA) is 72.4 Å². The van der Waals surface area contributed by atoms with Crippen LogP contribution in [-0.2, 0) is 18.9 Å². The van der Waals surface area contributed by atoms with Gasteiger partial charge in [-0.05, 0) is 130 Å². The molecule has 8 rings (SSSR count). The van der Waals surface area contributed by atoms with Crippen molar-refractivity contribution in [1.82, 2.24) is 10.2 Å². The molecule has 0 aromatic carbocycles. The van der Waals surface area contributed by atoms with Gasteiger partial charge in [-0.1, -0.05) is 20.8 Å². The summed E-state index contributed by atoms with van der Waals surface area (Å²) < 4.78 is 26.2. The van der Waals surface area contributed by atoms with E-state index < -0.39 is 5.60 Å². The van der Waals surface area contributed by atoms with Crippen LogP contribution in [-0.4, -0.2) is 91.7 Å². The van der Waals surface area contributed by atoms with E-state index in [0.717, 1.165) is 57.0 Å². The second kappa shape index (κ2) is 10.6. The number of aliphatic hydroxyl groups is 1. The Morgan fingerprint density at radius 3 is 2.50 bits per heavy atom. The molecule has 8 fully saturated rings. The quantitative estimate of drug-likeness (QED) is 0.399. The monoisotopic (exact) mass is 614 g/mol. The van der Waals surface area contributed by atoms with Crippen molar-refractivity contribution in [3.05, 3.63) is 0 Å². The highest BCUT2D eigenvalue weighted by molar-refractivity contribution is 5.29. The molecule has 0 amide bonds. The van der Waals surface area contributed by atoms with E-state index in [1.165, 1.54) is 57.8 Å². The molecule has 3 heterocycles. The van der Waals surface area contributed by atoms with Gasteiger partial charge in [-0.2, -0.15) is 0 Å². The van der Waals surface area contributed by atoms with E-state index in [1.54, 1.807) is 0 Å². The van der Waals surface area contributed by atoms with Crippen molar-refractivity contribution >= 4 is 0 Å². The number of morpholine rings is 1. The van der Waals surface area contributed by atoms with Gasteiger partial charge < -0.3 is 29.4 Å².